The first-order valence-electron chi connectivity index (χ1n) is 6.22. The van der Waals surface area contributed by atoms with Gasteiger partial charge in [-0.15, -0.1) is 0 Å². The van der Waals surface area contributed by atoms with Crippen molar-refractivity contribution in [2.45, 2.75) is 26.2 Å². The van der Waals surface area contributed by atoms with Gasteiger partial charge in [-0.3, -0.25) is 9.00 Å². The predicted octanol–water partition coefficient (Wildman–Crippen LogP) is 2.29. The van der Waals surface area contributed by atoms with Crippen LogP contribution in [0.5, 0.6) is 0 Å². The molecule has 106 valence electrons. The first-order chi connectivity index (χ1) is 9.02. The monoisotopic (exact) mass is 286 g/mol. The minimum Gasteiger partial charge on any atom is -0.399 e. The summed E-state index contributed by atoms with van der Waals surface area (Å²) in [7, 11) is -0.865. The zero-order chi connectivity index (χ0) is 14.3. The number of carbonyl (C=O) groups is 1. The molecule has 0 heterocycles. The Morgan fingerprint density at radius 3 is 2.84 bits per heavy atom. The lowest BCUT2D eigenvalue weighted by Gasteiger charge is -2.07. The highest BCUT2D eigenvalue weighted by Crippen LogP contribution is 2.17. The molecule has 0 spiro atoms. The number of hydrogen-bond acceptors (Lipinski definition) is 3. The van der Waals surface area contributed by atoms with Crippen molar-refractivity contribution in [2.75, 3.05) is 22.6 Å². The highest BCUT2D eigenvalue weighted by Gasteiger charge is 2.08. The Bertz CT molecular complexity index is 466. The van der Waals surface area contributed by atoms with E-state index in [0.29, 0.717) is 23.6 Å². The van der Waals surface area contributed by atoms with Crippen LogP contribution < -0.4 is 11.1 Å². The van der Waals surface area contributed by atoms with E-state index in [2.05, 4.69) is 5.32 Å². The lowest BCUT2D eigenvalue weighted by atomic mass is 10.2. The van der Waals surface area contributed by atoms with Gasteiger partial charge >= 0.3 is 0 Å². The van der Waals surface area contributed by atoms with Gasteiger partial charge in [-0.1, -0.05) is 6.92 Å². The summed E-state index contributed by atoms with van der Waals surface area (Å²) in [4.78, 5) is 11.6. The van der Waals surface area contributed by atoms with Crippen molar-refractivity contribution in [3.63, 3.8) is 0 Å². The first kappa shape index (κ1) is 15.6. The SMILES string of the molecule is CCCS(=O)CCCC(=O)Nc1cc(N)ccc1F. The summed E-state index contributed by atoms with van der Waals surface area (Å²) in [6.45, 7) is 1.97. The summed E-state index contributed by atoms with van der Waals surface area (Å²) in [5.74, 6) is 0.349. The maximum Gasteiger partial charge on any atom is 0.224 e. The molecule has 0 aliphatic carbocycles. The van der Waals surface area contributed by atoms with Gasteiger partial charge in [-0.05, 0) is 31.0 Å². The summed E-state index contributed by atoms with van der Waals surface area (Å²) in [5, 5.41) is 2.46. The Morgan fingerprint density at radius 2 is 2.16 bits per heavy atom. The summed E-state index contributed by atoms with van der Waals surface area (Å²) >= 11 is 0. The van der Waals surface area contributed by atoms with Crippen molar-refractivity contribution in [3.8, 4) is 0 Å². The molecule has 19 heavy (non-hydrogen) atoms. The van der Waals surface area contributed by atoms with E-state index in [1.807, 2.05) is 6.92 Å². The molecule has 1 aromatic rings. The molecule has 0 fully saturated rings. The minimum absolute atomic E-state index is 0.0830. The van der Waals surface area contributed by atoms with Crippen molar-refractivity contribution in [2.24, 2.45) is 0 Å². The number of anilines is 2. The van der Waals surface area contributed by atoms with Gasteiger partial charge in [0.1, 0.15) is 5.82 Å². The third-order valence-electron chi connectivity index (χ3n) is 2.47. The molecule has 0 aliphatic rings. The molecule has 0 saturated carbocycles. The van der Waals surface area contributed by atoms with E-state index in [1.54, 1.807) is 0 Å². The standard InChI is InChI=1S/C13H19FN2O2S/c1-2-7-19(18)8-3-4-13(17)16-12-9-10(15)5-6-11(12)14/h5-6,9H,2-4,7-8,15H2,1H3,(H,16,17). The van der Waals surface area contributed by atoms with Crippen molar-refractivity contribution < 1.29 is 13.4 Å². The Labute approximate surface area is 115 Å². The van der Waals surface area contributed by atoms with E-state index < -0.39 is 16.6 Å². The molecule has 4 nitrogen and oxygen atoms in total. The lowest BCUT2D eigenvalue weighted by Crippen LogP contribution is -2.14. The highest BCUT2D eigenvalue weighted by molar-refractivity contribution is 7.84. The maximum absolute atomic E-state index is 13.4. The zero-order valence-corrected chi connectivity index (χ0v) is 11.8. The molecule has 1 rings (SSSR count). The van der Waals surface area contributed by atoms with Gasteiger partial charge in [-0.25, -0.2) is 4.39 Å². The van der Waals surface area contributed by atoms with Crippen LogP contribution in [0.15, 0.2) is 18.2 Å². The van der Waals surface area contributed by atoms with E-state index >= 15 is 0 Å². The third kappa shape index (κ3) is 5.83. The molecule has 0 radical (unpaired) electrons. The van der Waals surface area contributed by atoms with Crippen LogP contribution in [0.3, 0.4) is 0 Å². The van der Waals surface area contributed by atoms with Crippen LogP contribution in [-0.4, -0.2) is 21.6 Å². The number of nitrogen functional groups attached to an aromatic ring is 1. The van der Waals surface area contributed by atoms with Gasteiger partial charge in [0.05, 0.1) is 5.69 Å². The van der Waals surface area contributed by atoms with Gasteiger partial charge in [-0.2, -0.15) is 0 Å². The van der Waals surface area contributed by atoms with Gasteiger partial charge in [0.2, 0.25) is 5.91 Å². The van der Waals surface area contributed by atoms with E-state index in [4.69, 9.17) is 5.73 Å². The average molecular weight is 286 g/mol. The Morgan fingerprint density at radius 1 is 1.42 bits per heavy atom. The Hall–Kier alpha value is -1.43. The van der Waals surface area contributed by atoms with Crippen molar-refractivity contribution in [1.29, 1.82) is 0 Å². The molecule has 1 amide bonds. The number of hydrogen-bond donors (Lipinski definition) is 2. The van der Waals surface area contributed by atoms with Crippen LogP contribution in [0.2, 0.25) is 0 Å². The highest BCUT2D eigenvalue weighted by atomic mass is 32.2. The topological polar surface area (TPSA) is 72.2 Å². The zero-order valence-electron chi connectivity index (χ0n) is 10.9. The molecule has 0 saturated heterocycles. The van der Waals surface area contributed by atoms with Crippen molar-refractivity contribution in [3.05, 3.63) is 24.0 Å². The number of nitrogens with one attached hydrogen (secondary N) is 1. The normalized spacial score (nSPS) is 12.1. The fraction of sp³-hybridized carbons (Fsp3) is 0.462. The lowest BCUT2D eigenvalue weighted by molar-refractivity contribution is -0.116. The molecule has 0 bridgehead atoms. The second kappa shape index (κ2) is 7.89. The number of benzene rings is 1. The Balaban J connectivity index is 2.39. The van der Waals surface area contributed by atoms with Gasteiger partial charge in [0.15, 0.2) is 0 Å². The largest absolute Gasteiger partial charge is 0.399 e. The molecule has 1 unspecified atom stereocenters. The molecule has 0 aromatic heterocycles. The minimum atomic E-state index is -0.865. The number of carbonyl (C=O) groups excluding carboxylic acids is 1. The van der Waals surface area contributed by atoms with Gasteiger partial charge in [0.25, 0.3) is 0 Å². The molecule has 0 aliphatic heterocycles. The fourth-order valence-electron chi connectivity index (χ4n) is 1.57. The summed E-state index contributed by atoms with van der Waals surface area (Å²) in [6, 6.07) is 4.02. The van der Waals surface area contributed by atoms with E-state index in [9.17, 15) is 13.4 Å². The third-order valence-corrected chi connectivity index (χ3v) is 4.08. The van der Waals surface area contributed by atoms with E-state index in [0.717, 1.165) is 6.42 Å². The van der Waals surface area contributed by atoms with Crippen LogP contribution in [0, 0.1) is 5.82 Å². The van der Waals surface area contributed by atoms with Crippen molar-refractivity contribution in [1.82, 2.24) is 0 Å². The molecular weight excluding hydrogens is 267 g/mol. The predicted molar refractivity (Wildman–Crippen MR) is 76.8 cm³/mol. The Kier molecular flexibility index (Phi) is 6.49. The first-order valence-corrected chi connectivity index (χ1v) is 7.71. The molecule has 6 heteroatoms. The average Bonchev–Trinajstić information content (AvgIpc) is 2.34. The quantitative estimate of drug-likeness (QED) is 0.755. The van der Waals surface area contributed by atoms with Crippen LogP contribution in [0.25, 0.3) is 0 Å². The smallest absolute Gasteiger partial charge is 0.224 e. The number of halogens is 1. The summed E-state index contributed by atoms with van der Waals surface area (Å²) in [6.07, 6.45) is 1.62. The second-order valence-electron chi connectivity index (χ2n) is 4.24. The van der Waals surface area contributed by atoms with Crippen LogP contribution in [-0.2, 0) is 15.6 Å². The van der Waals surface area contributed by atoms with Gasteiger partial charge in [0, 0.05) is 34.4 Å². The molecule has 1 atom stereocenters. The van der Waals surface area contributed by atoms with Crippen LogP contribution in [0.4, 0.5) is 15.8 Å². The van der Waals surface area contributed by atoms with E-state index in [1.165, 1.54) is 18.2 Å². The maximum atomic E-state index is 13.4. The molecule has 1 aromatic carbocycles. The van der Waals surface area contributed by atoms with Crippen LogP contribution in [0.1, 0.15) is 26.2 Å². The number of amides is 1. The summed E-state index contributed by atoms with van der Waals surface area (Å²) in [5.41, 5.74) is 5.99. The second-order valence-corrected chi connectivity index (χ2v) is 5.94. The van der Waals surface area contributed by atoms with Crippen LogP contribution >= 0.6 is 0 Å². The molecule has 3 N–H and O–H groups in total. The van der Waals surface area contributed by atoms with Gasteiger partial charge < -0.3 is 11.1 Å². The fourth-order valence-corrected chi connectivity index (χ4v) is 2.70. The molecular formula is C13H19FN2O2S. The van der Waals surface area contributed by atoms with Crippen molar-refractivity contribution >= 4 is 28.1 Å². The van der Waals surface area contributed by atoms with E-state index in [-0.39, 0.29) is 18.0 Å². The number of rotatable bonds is 7. The number of nitrogens with two attached hydrogens (primary N) is 1. The summed E-state index contributed by atoms with van der Waals surface area (Å²) < 4.78 is 24.7.